The molecule has 104 valence electrons. The van der Waals surface area contributed by atoms with Gasteiger partial charge in [-0.3, -0.25) is 0 Å². The van der Waals surface area contributed by atoms with E-state index in [9.17, 15) is 8.42 Å². The summed E-state index contributed by atoms with van der Waals surface area (Å²) in [5.74, 6) is 0.877. The summed E-state index contributed by atoms with van der Waals surface area (Å²) in [4.78, 5) is 0. The zero-order valence-electron chi connectivity index (χ0n) is 10.8. The Morgan fingerprint density at radius 1 is 0.944 bits per heavy atom. The minimum Gasteiger partial charge on any atom is -0.327 e. The lowest BCUT2D eigenvalue weighted by atomic mass is 9.78. The molecule has 18 heavy (non-hydrogen) atoms. The van der Waals surface area contributed by atoms with Crippen LogP contribution >= 0.6 is 0 Å². The Kier molecular flexibility index (Phi) is 3.38. The first-order chi connectivity index (χ1) is 8.59. The predicted molar refractivity (Wildman–Crippen MR) is 70.1 cm³/mol. The summed E-state index contributed by atoms with van der Waals surface area (Å²) in [5, 5.41) is 0. The van der Waals surface area contributed by atoms with E-state index in [1.807, 2.05) is 0 Å². The lowest BCUT2D eigenvalue weighted by molar-refractivity contribution is 0.260. The Morgan fingerprint density at radius 3 is 2.33 bits per heavy atom. The molecule has 3 aliphatic rings. The molecule has 6 heteroatoms. The van der Waals surface area contributed by atoms with E-state index in [4.69, 9.17) is 5.73 Å². The van der Waals surface area contributed by atoms with Crippen LogP contribution in [0.25, 0.3) is 0 Å². The molecule has 1 aliphatic carbocycles. The molecule has 1 saturated carbocycles. The van der Waals surface area contributed by atoms with Crippen molar-refractivity contribution in [3.8, 4) is 0 Å². The van der Waals surface area contributed by atoms with Crippen molar-refractivity contribution >= 4 is 10.2 Å². The summed E-state index contributed by atoms with van der Waals surface area (Å²) >= 11 is 0. The maximum absolute atomic E-state index is 12.5. The van der Waals surface area contributed by atoms with Crippen LogP contribution in [-0.2, 0) is 10.2 Å². The molecule has 2 heterocycles. The fourth-order valence-electron chi connectivity index (χ4n) is 3.75. The summed E-state index contributed by atoms with van der Waals surface area (Å²) in [6.45, 7) is 2.72. The van der Waals surface area contributed by atoms with Crippen molar-refractivity contribution in [2.45, 2.75) is 38.1 Å². The summed E-state index contributed by atoms with van der Waals surface area (Å²) in [6.07, 6.45) is 5.35. The Balaban J connectivity index is 1.74. The number of nitrogens with zero attached hydrogens (tertiary/aromatic N) is 2. The van der Waals surface area contributed by atoms with E-state index in [-0.39, 0.29) is 6.04 Å². The molecule has 0 aromatic rings. The van der Waals surface area contributed by atoms with Crippen LogP contribution in [0.15, 0.2) is 0 Å². The zero-order valence-corrected chi connectivity index (χ0v) is 11.6. The third-order valence-electron chi connectivity index (χ3n) is 4.84. The highest BCUT2D eigenvalue weighted by Gasteiger charge is 2.44. The van der Waals surface area contributed by atoms with Crippen LogP contribution in [0, 0.1) is 11.8 Å². The fraction of sp³-hybridized carbons (Fsp3) is 1.00. The zero-order chi connectivity index (χ0) is 12.8. The molecule has 2 N–H and O–H groups in total. The number of rotatable bonds is 2. The van der Waals surface area contributed by atoms with Crippen LogP contribution in [0.2, 0.25) is 0 Å². The molecule has 2 aliphatic heterocycles. The van der Waals surface area contributed by atoms with Crippen molar-refractivity contribution in [1.82, 2.24) is 8.61 Å². The van der Waals surface area contributed by atoms with E-state index >= 15 is 0 Å². The summed E-state index contributed by atoms with van der Waals surface area (Å²) in [7, 11) is -3.21. The van der Waals surface area contributed by atoms with E-state index < -0.39 is 10.2 Å². The van der Waals surface area contributed by atoms with Gasteiger partial charge in [-0.1, -0.05) is 6.42 Å². The van der Waals surface area contributed by atoms with Gasteiger partial charge in [0.1, 0.15) is 0 Å². The molecule has 0 bridgehead atoms. The van der Waals surface area contributed by atoms with Gasteiger partial charge in [0.2, 0.25) is 0 Å². The molecule has 0 radical (unpaired) electrons. The largest absolute Gasteiger partial charge is 0.327 e. The lowest BCUT2D eigenvalue weighted by Crippen LogP contribution is -2.42. The number of hydrogen-bond donors (Lipinski definition) is 1. The number of fused-ring (bicyclic) bond motifs is 1. The van der Waals surface area contributed by atoms with Crippen LogP contribution in [0.5, 0.6) is 0 Å². The second-order valence-electron chi connectivity index (χ2n) is 5.95. The molecule has 0 aromatic carbocycles. The molecule has 3 unspecified atom stereocenters. The molecule has 2 saturated heterocycles. The fourth-order valence-corrected chi connectivity index (χ4v) is 5.53. The van der Waals surface area contributed by atoms with Crippen molar-refractivity contribution in [3.05, 3.63) is 0 Å². The second kappa shape index (κ2) is 4.74. The molecule has 3 fully saturated rings. The number of hydrogen-bond acceptors (Lipinski definition) is 3. The third kappa shape index (κ3) is 2.09. The first-order valence-corrected chi connectivity index (χ1v) is 8.49. The summed E-state index contributed by atoms with van der Waals surface area (Å²) in [6, 6.07) is 0.197. The Labute approximate surface area is 109 Å². The van der Waals surface area contributed by atoms with Crippen molar-refractivity contribution in [1.29, 1.82) is 0 Å². The topological polar surface area (TPSA) is 66.6 Å². The van der Waals surface area contributed by atoms with Crippen molar-refractivity contribution in [2.24, 2.45) is 17.6 Å². The highest BCUT2D eigenvalue weighted by atomic mass is 32.2. The molecule has 0 aromatic heterocycles. The third-order valence-corrected chi connectivity index (χ3v) is 6.81. The molecular weight excluding hydrogens is 250 g/mol. The quantitative estimate of drug-likeness (QED) is 0.791. The van der Waals surface area contributed by atoms with Gasteiger partial charge in [-0.15, -0.1) is 0 Å². The van der Waals surface area contributed by atoms with Crippen molar-refractivity contribution < 1.29 is 8.42 Å². The molecule has 3 atom stereocenters. The van der Waals surface area contributed by atoms with Gasteiger partial charge in [0.25, 0.3) is 10.2 Å². The van der Waals surface area contributed by atoms with Gasteiger partial charge in [0.05, 0.1) is 0 Å². The smallest absolute Gasteiger partial charge is 0.281 e. The SMILES string of the molecule is NC1CCCC2CN(S(=O)(=O)N3CCCC3)CC12. The van der Waals surface area contributed by atoms with Crippen LogP contribution in [0.3, 0.4) is 0 Å². The van der Waals surface area contributed by atoms with Crippen LogP contribution in [0.4, 0.5) is 0 Å². The first-order valence-electron chi connectivity index (χ1n) is 7.10. The van der Waals surface area contributed by atoms with Gasteiger partial charge in [-0.2, -0.15) is 17.0 Å². The van der Waals surface area contributed by atoms with E-state index in [1.54, 1.807) is 8.61 Å². The Morgan fingerprint density at radius 2 is 1.67 bits per heavy atom. The van der Waals surface area contributed by atoms with Gasteiger partial charge < -0.3 is 5.73 Å². The van der Waals surface area contributed by atoms with E-state index in [2.05, 4.69) is 0 Å². The van der Waals surface area contributed by atoms with E-state index in [0.29, 0.717) is 38.0 Å². The molecule has 0 spiro atoms. The summed E-state index contributed by atoms with van der Waals surface area (Å²) in [5.41, 5.74) is 6.14. The molecule has 0 amide bonds. The van der Waals surface area contributed by atoms with Gasteiger partial charge in [-0.25, -0.2) is 0 Å². The standard InChI is InChI=1S/C12H23N3O2S/c13-12-5-3-4-10-8-15(9-11(10)12)18(16,17)14-6-1-2-7-14/h10-12H,1-9,13H2. The monoisotopic (exact) mass is 273 g/mol. The normalized spacial score (nSPS) is 39.1. The van der Waals surface area contributed by atoms with Crippen LogP contribution in [0.1, 0.15) is 32.1 Å². The number of nitrogens with two attached hydrogens (primary N) is 1. The lowest BCUT2D eigenvalue weighted by Gasteiger charge is -2.29. The molecule has 3 rings (SSSR count). The first kappa shape index (κ1) is 12.8. The van der Waals surface area contributed by atoms with Crippen molar-refractivity contribution in [2.75, 3.05) is 26.2 Å². The van der Waals surface area contributed by atoms with Crippen molar-refractivity contribution in [3.63, 3.8) is 0 Å². The van der Waals surface area contributed by atoms with E-state index in [0.717, 1.165) is 32.1 Å². The van der Waals surface area contributed by atoms with Gasteiger partial charge >= 0.3 is 0 Å². The predicted octanol–water partition coefficient (Wildman–Crippen LogP) is 0.386. The summed E-state index contributed by atoms with van der Waals surface area (Å²) < 4.78 is 28.3. The minimum atomic E-state index is -3.21. The van der Waals surface area contributed by atoms with Crippen LogP contribution in [-0.4, -0.2) is 49.2 Å². The second-order valence-corrected chi connectivity index (χ2v) is 7.88. The van der Waals surface area contributed by atoms with Gasteiger partial charge in [0, 0.05) is 32.2 Å². The van der Waals surface area contributed by atoms with Gasteiger partial charge in [-0.05, 0) is 37.5 Å². The highest BCUT2D eigenvalue weighted by Crippen LogP contribution is 2.37. The highest BCUT2D eigenvalue weighted by molar-refractivity contribution is 7.86. The molecule has 5 nitrogen and oxygen atoms in total. The van der Waals surface area contributed by atoms with Gasteiger partial charge in [0.15, 0.2) is 0 Å². The average molecular weight is 273 g/mol. The average Bonchev–Trinajstić information content (AvgIpc) is 2.99. The Bertz CT molecular complexity index is 406. The Hall–Kier alpha value is -0.170. The van der Waals surface area contributed by atoms with Crippen LogP contribution < -0.4 is 5.73 Å². The maximum atomic E-state index is 12.5. The van der Waals surface area contributed by atoms with E-state index in [1.165, 1.54) is 0 Å². The minimum absolute atomic E-state index is 0.197. The maximum Gasteiger partial charge on any atom is 0.281 e. The molecular formula is C12H23N3O2S.